The van der Waals surface area contributed by atoms with Crippen LogP contribution in [-0.2, 0) is 0 Å². The summed E-state index contributed by atoms with van der Waals surface area (Å²) in [6.07, 6.45) is 5.61. The van der Waals surface area contributed by atoms with E-state index in [0.29, 0.717) is 51.4 Å². The topological polar surface area (TPSA) is 111 Å². The van der Waals surface area contributed by atoms with E-state index in [0.717, 1.165) is 0 Å². The van der Waals surface area contributed by atoms with Crippen molar-refractivity contribution in [1.82, 2.24) is 19.6 Å². The Balaban J connectivity index is 1.65. The van der Waals surface area contributed by atoms with E-state index in [4.69, 9.17) is 16.6 Å². The molecule has 3 heterocycles. The summed E-state index contributed by atoms with van der Waals surface area (Å²) in [4.78, 5) is 11.8. The molecule has 0 unspecified atom stereocenters. The number of aryl methyl sites for hydroxylation is 1. The summed E-state index contributed by atoms with van der Waals surface area (Å²) < 4.78 is 15.4. The number of fused-ring (bicyclic) bond motifs is 1. The average Bonchev–Trinajstić information content (AvgIpc) is 3.41. The molecule has 32 heavy (non-hydrogen) atoms. The van der Waals surface area contributed by atoms with E-state index < -0.39 is 0 Å². The van der Waals surface area contributed by atoms with Gasteiger partial charge in [0.15, 0.2) is 22.9 Å². The van der Waals surface area contributed by atoms with Crippen molar-refractivity contribution in [2.24, 2.45) is 10.9 Å². The third-order valence-electron chi connectivity index (χ3n) is 5.32. The first kappa shape index (κ1) is 20.3. The van der Waals surface area contributed by atoms with Crippen molar-refractivity contribution in [1.29, 1.82) is 0 Å². The molecule has 1 fully saturated rings. The maximum absolute atomic E-state index is 13.8. The Labute approximate surface area is 186 Å². The molecule has 4 N–H and O–H groups in total. The van der Waals surface area contributed by atoms with Crippen LogP contribution in [0, 0.1) is 18.7 Å². The Kier molecular flexibility index (Phi) is 4.97. The Morgan fingerprint density at radius 1 is 1.31 bits per heavy atom. The molecule has 0 bridgehead atoms. The largest absolute Gasteiger partial charge is 0.494 e. The second-order valence-electron chi connectivity index (χ2n) is 7.93. The van der Waals surface area contributed by atoms with Crippen molar-refractivity contribution in [2.45, 2.75) is 19.8 Å². The van der Waals surface area contributed by atoms with Crippen LogP contribution < -0.4 is 16.0 Å². The van der Waals surface area contributed by atoms with Gasteiger partial charge in [0.2, 0.25) is 0 Å². The molecule has 3 aromatic heterocycles. The van der Waals surface area contributed by atoms with Gasteiger partial charge < -0.3 is 15.5 Å². The summed E-state index contributed by atoms with van der Waals surface area (Å²) in [6.45, 7) is 2.35. The van der Waals surface area contributed by atoms with Crippen molar-refractivity contribution in [2.75, 3.05) is 11.9 Å². The Morgan fingerprint density at radius 2 is 2.12 bits per heavy atom. The molecule has 1 aliphatic rings. The van der Waals surface area contributed by atoms with E-state index in [1.54, 1.807) is 35.8 Å². The molecule has 0 radical (unpaired) electrons. The minimum atomic E-state index is -0.383. The molecule has 5 rings (SSSR count). The monoisotopic (exact) mass is 454 g/mol. The second-order valence-corrected chi connectivity index (χ2v) is 8.34. The van der Waals surface area contributed by atoms with Crippen molar-refractivity contribution < 1.29 is 14.6 Å². The first-order valence-corrected chi connectivity index (χ1v) is 10.5. The van der Waals surface area contributed by atoms with Crippen LogP contribution in [0.4, 0.5) is 15.9 Å². The summed E-state index contributed by atoms with van der Waals surface area (Å²) in [5, 5.41) is 28.0. The van der Waals surface area contributed by atoms with Crippen molar-refractivity contribution in [3.8, 4) is 11.8 Å². The number of halogens is 2. The number of aromatic hydroxyl groups is 2. The fourth-order valence-corrected chi connectivity index (χ4v) is 3.58. The van der Waals surface area contributed by atoms with Gasteiger partial charge in [-0.3, -0.25) is 9.98 Å². The molecule has 4 aromatic rings. The molecular weight excluding hydrogens is 435 g/mol. The minimum Gasteiger partial charge on any atom is -0.494 e. The number of H-pyrrole nitrogens is 1. The number of benzene rings is 1. The lowest BCUT2D eigenvalue weighted by Gasteiger charge is -2.10. The van der Waals surface area contributed by atoms with Crippen LogP contribution in [0.15, 0.2) is 35.5 Å². The quantitative estimate of drug-likeness (QED) is 0.370. The molecular formula is C22H20ClFN6O2. The van der Waals surface area contributed by atoms with Crippen LogP contribution in [0.1, 0.15) is 24.0 Å². The summed E-state index contributed by atoms with van der Waals surface area (Å²) in [5.74, 6) is 0.359. The number of aromatic nitrogens is 4. The molecule has 0 aliphatic heterocycles. The minimum absolute atomic E-state index is 0.151. The fraction of sp³-hybridized carbons (Fsp3) is 0.227. The molecule has 8 nitrogen and oxygen atoms in total. The van der Waals surface area contributed by atoms with Crippen LogP contribution in [0.5, 0.6) is 11.8 Å². The molecule has 0 saturated heterocycles. The Bertz CT molecular complexity index is 1460. The lowest BCUT2D eigenvalue weighted by Crippen LogP contribution is -2.20. The van der Waals surface area contributed by atoms with E-state index >= 15 is 0 Å². The SMILES string of the molecule is Cc1cc(Nc2cc(=NCC3CC3)n3ncc(=Cc4cc(O)[nH]c4O)c3n2)c(Cl)cc1F. The standard InChI is InChI=1S/C22H20ClFN6O2/c1-11-4-17(15(23)7-16(11)24)27-18-8-19(25-9-12-2-3-12)30-21(28-18)14(10-26-30)5-13-6-20(31)29-22(13)32/h4-8,10,12,27,29,31-32H,2-3,9H2,1H3. The van der Waals surface area contributed by atoms with Crippen LogP contribution in [-0.4, -0.2) is 36.3 Å². The van der Waals surface area contributed by atoms with E-state index in [2.05, 4.69) is 20.4 Å². The molecule has 1 aliphatic carbocycles. The van der Waals surface area contributed by atoms with Crippen LogP contribution in [0.2, 0.25) is 5.02 Å². The number of nitrogens with zero attached hydrogens (tertiary/aromatic N) is 4. The van der Waals surface area contributed by atoms with Gasteiger partial charge in [-0.2, -0.15) is 9.61 Å². The molecule has 0 amide bonds. The van der Waals surface area contributed by atoms with Crippen molar-refractivity contribution in [3.05, 3.63) is 63.1 Å². The molecule has 0 atom stereocenters. The average molecular weight is 455 g/mol. The number of nitrogens with one attached hydrogen (secondary N) is 2. The zero-order valence-electron chi connectivity index (χ0n) is 17.1. The zero-order valence-corrected chi connectivity index (χ0v) is 17.9. The first-order chi connectivity index (χ1) is 15.4. The molecule has 1 aromatic carbocycles. The third-order valence-corrected chi connectivity index (χ3v) is 5.64. The van der Waals surface area contributed by atoms with Gasteiger partial charge in [0, 0.05) is 29.5 Å². The number of hydrogen-bond donors (Lipinski definition) is 4. The predicted octanol–water partition coefficient (Wildman–Crippen LogP) is 3.17. The van der Waals surface area contributed by atoms with Gasteiger partial charge in [0.1, 0.15) is 11.6 Å². The number of aromatic amines is 1. The van der Waals surface area contributed by atoms with Crippen molar-refractivity contribution >= 4 is 34.8 Å². The zero-order chi connectivity index (χ0) is 22.4. The number of anilines is 2. The molecule has 0 spiro atoms. The van der Waals surface area contributed by atoms with Gasteiger partial charge in [0.05, 0.1) is 16.9 Å². The molecule has 10 heteroatoms. The van der Waals surface area contributed by atoms with Gasteiger partial charge in [-0.05, 0) is 49.5 Å². The van der Waals surface area contributed by atoms with E-state index in [1.807, 2.05) is 0 Å². The Morgan fingerprint density at radius 3 is 2.84 bits per heavy atom. The smallest absolute Gasteiger partial charge is 0.198 e. The predicted molar refractivity (Wildman–Crippen MR) is 118 cm³/mol. The normalized spacial score (nSPS) is 15.1. The highest BCUT2D eigenvalue weighted by atomic mass is 35.5. The Hall–Kier alpha value is -3.59. The van der Waals surface area contributed by atoms with Crippen LogP contribution in [0.3, 0.4) is 0 Å². The van der Waals surface area contributed by atoms with Gasteiger partial charge >= 0.3 is 0 Å². The lowest BCUT2D eigenvalue weighted by atomic mass is 10.2. The molecule has 1 saturated carbocycles. The highest BCUT2D eigenvalue weighted by molar-refractivity contribution is 6.33. The van der Waals surface area contributed by atoms with E-state index in [-0.39, 0.29) is 22.6 Å². The summed E-state index contributed by atoms with van der Waals surface area (Å²) in [5.41, 5.74) is 2.48. The van der Waals surface area contributed by atoms with E-state index in [1.165, 1.54) is 25.0 Å². The summed E-state index contributed by atoms with van der Waals surface area (Å²) >= 11 is 6.23. The van der Waals surface area contributed by atoms with Crippen molar-refractivity contribution in [3.63, 3.8) is 0 Å². The second kappa shape index (κ2) is 7.83. The van der Waals surface area contributed by atoms with Gasteiger partial charge in [-0.25, -0.2) is 9.37 Å². The highest BCUT2D eigenvalue weighted by Crippen LogP contribution is 2.29. The van der Waals surface area contributed by atoms with Crippen LogP contribution in [0.25, 0.3) is 11.7 Å². The van der Waals surface area contributed by atoms with Gasteiger partial charge in [0.25, 0.3) is 0 Å². The lowest BCUT2D eigenvalue weighted by molar-refractivity contribution is 0.425. The van der Waals surface area contributed by atoms with Crippen LogP contribution >= 0.6 is 11.6 Å². The fourth-order valence-electron chi connectivity index (χ4n) is 3.38. The summed E-state index contributed by atoms with van der Waals surface area (Å²) in [6, 6.07) is 6.05. The maximum atomic E-state index is 13.8. The highest BCUT2D eigenvalue weighted by Gasteiger charge is 2.20. The number of rotatable bonds is 5. The van der Waals surface area contributed by atoms with Gasteiger partial charge in [-0.15, -0.1) is 0 Å². The maximum Gasteiger partial charge on any atom is 0.198 e. The van der Waals surface area contributed by atoms with Gasteiger partial charge in [-0.1, -0.05) is 11.6 Å². The number of hydrogen-bond acceptors (Lipinski definition) is 6. The van der Waals surface area contributed by atoms with E-state index in [9.17, 15) is 14.6 Å². The summed E-state index contributed by atoms with van der Waals surface area (Å²) in [7, 11) is 0. The molecule has 164 valence electrons. The third kappa shape index (κ3) is 3.99. The first-order valence-electron chi connectivity index (χ1n) is 10.1.